The maximum absolute atomic E-state index is 13.5. The van der Waals surface area contributed by atoms with Gasteiger partial charge >= 0.3 is 0 Å². The third-order valence-corrected chi connectivity index (χ3v) is 11.5. The van der Waals surface area contributed by atoms with Crippen LogP contribution in [0.5, 0.6) is 0 Å². The standard InChI is InChI=1S/C27H30Cl2N4O3S2/c1-17(32-38(35,36)16-27-12-11-19(13-23(27)34)26(27,2)3)24-30-31-25(37-15-18-7-5-4-6-8-18)33(24)22-14-20(28)9-10-21(22)29/h4-10,14,17,19,32H,11-13,15-16H2,1-3H3. The molecule has 3 unspecified atom stereocenters. The van der Waals surface area contributed by atoms with E-state index in [1.54, 1.807) is 29.7 Å². The van der Waals surface area contributed by atoms with Gasteiger partial charge in [0.1, 0.15) is 5.78 Å². The quantitative estimate of drug-likeness (QED) is 0.295. The van der Waals surface area contributed by atoms with Crippen molar-refractivity contribution in [3.63, 3.8) is 0 Å². The summed E-state index contributed by atoms with van der Waals surface area (Å²) < 4.78 is 31.5. The molecule has 2 aliphatic carbocycles. The fraction of sp³-hybridized carbons (Fsp3) is 0.444. The zero-order valence-corrected chi connectivity index (χ0v) is 24.6. The maximum atomic E-state index is 13.5. The summed E-state index contributed by atoms with van der Waals surface area (Å²) in [5.41, 5.74) is 0.462. The number of Topliss-reactive ketones (excluding diaryl/α,β-unsaturated/α-hetero) is 1. The van der Waals surface area contributed by atoms with Crippen LogP contribution in [0.2, 0.25) is 10.0 Å². The summed E-state index contributed by atoms with van der Waals surface area (Å²) in [6.45, 7) is 5.78. The Balaban J connectivity index is 1.45. The van der Waals surface area contributed by atoms with E-state index in [0.717, 1.165) is 12.0 Å². The van der Waals surface area contributed by atoms with E-state index in [9.17, 15) is 13.2 Å². The van der Waals surface area contributed by atoms with E-state index in [2.05, 4.69) is 14.9 Å². The van der Waals surface area contributed by atoms with Crippen molar-refractivity contribution in [1.29, 1.82) is 0 Å². The molecule has 38 heavy (non-hydrogen) atoms. The molecule has 2 fully saturated rings. The topological polar surface area (TPSA) is 93.9 Å². The third kappa shape index (κ3) is 4.92. The van der Waals surface area contributed by atoms with Gasteiger partial charge in [0, 0.05) is 22.6 Å². The van der Waals surface area contributed by atoms with Gasteiger partial charge in [0.25, 0.3) is 0 Å². The number of nitrogens with zero attached hydrogens (tertiary/aromatic N) is 3. The van der Waals surface area contributed by atoms with Gasteiger partial charge in [-0.1, -0.05) is 79.1 Å². The lowest BCUT2D eigenvalue weighted by Crippen LogP contribution is -2.45. The number of carbonyl (C=O) groups is 1. The number of hydrogen-bond acceptors (Lipinski definition) is 6. The minimum Gasteiger partial charge on any atom is -0.299 e. The normalized spacial score (nSPS) is 23.2. The Morgan fingerprint density at radius 1 is 1.16 bits per heavy atom. The van der Waals surface area contributed by atoms with Gasteiger partial charge in [0.2, 0.25) is 10.0 Å². The van der Waals surface area contributed by atoms with Crippen LogP contribution in [-0.4, -0.2) is 34.7 Å². The van der Waals surface area contributed by atoms with Gasteiger partial charge < -0.3 is 0 Å². The summed E-state index contributed by atoms with van der Waals surface area (Å²) in [7, 11) is -3.84. The average Bonchev–Trinajstić information content (AvgIpc) is 3.44. The Bertz CT molecular complexity index is 1480. The number of benzene rings is 2. The van der Waals surface area contributed by atoms with Crippen molar-refractivity contribution < 1.29 is 13.2 Å². The molecule has 0 radical (unpaired) electrons. The summed E-state index contributed by atoms with van der Waals surface area (Å²) in [5.74, 6) is 1.09. The monoisotopic (exact) mass is 592 g/mol. The molecule has 0 amide bonds. The first kappa shape index (κ1) is 27.6. The summed E-state index contributed by atoms with van der Waals surface area (Å²) in [6.07, 6.45) is 1.95. The number of carbonyl (C=O) groups excluding carboxylic acids is 1. The molecule has 7 nitrogen and oxygen atoms in total. The second-order valence-electron chi connectivity index (χ2n) is 10.8. The van der Waals surface area contributed by atoms with E-state index in [1.165, 1.54) is 11.8 Å². The molecule has 5 rings (SSSR count). The zero-order chi connectivity index (χ0) is 27.3. The van der Waals surface area contributed by atoms with Crippen LogP contribution in [0.4, 0.5) is 0 Å². The van der Waals surface area contributed by atoms with Gasteiger partial charge in [-0.15, -0.1) is 10.2 Å². The number of ketones is 1. The van der Waals surface area contributed by atoms with E-state index in [-0.39, 0.29) is 22.9 Å². The predicted molar refractivity (Wildman–Crippen MR) is 151 cm³/mol. The lowest BCUT2D eigenvalue weighted by molar-refractivity contribution is -0.128. The highest BCUT2D eigenvalue weighted by atomic mass is 35.5. The first-order valence-electron chi connectivity index (χ1n) is 12.5. The molecule has 0 saturated heterocycles. The van der Waals surface area contributed by atoms with Gasteiger partial charge in [-0.3, -0.25) is 9.36 Å². The van der Waals surface area contributed by atoms with Crippen LogP contribution in [0.1, 0.15) is 57.5 Å². The lowest BCUT2D eigenvalue weighted by Gasteiger charge is -2.36. The van der Waals surface area contributed by atoms with Crippen LogP contribution >= 0.6 is 35.0 Å². The Morgan fingerprint density at radius 3 is 2.55 bits per heavy atom. The number of thioether (sulfide) groups is 1. The molecule has 2 saturated carbocycles. The number of fused-ring (bicyclic) bond motifs is 2. The van der Waals surface area contributed by atoms with E-state index >= 15 is 0 Å². The number of hydrogen-bond donors (Lipinski definition) is 1. The smallest absolute Gasteiger partial charge is 0.213 e. The average molecular weight is 594 g/mol. The zero-order valence-electron chi connectivity index (χ0n) is 21.4. The number of halogens is 2. The van der Waals surface area contributed by atoms with Crippen molar-refractivity contribution in [3.8, 4) is 5.69 Å². The third-order valence-electron chi connectivity index (χ3n) is 8.34. The number of nitrogens with one attached hydrogen (secondary N) is 1. The fourth-order valence-electron chi connectivity index (χ4n) is 6.06. The van der Waals surface area contributed by atoms with Crippen LogP contribution in [-0.2, 0) is 20.6 Å². The highest BCUT2D eigenvalue weighted by Crippen LogP contribution is 2.64. The maximum Gasteiger partial charge on any atom is 0.213 e. The Morgan fingerprint density at radius 2 is 1.89 bits per heavy atom. The molecular formula is C27H30Cl2N4O3S2. The molecule has 2 aromatic carbocycles. The summed E-state index contributed by atoms with van der Waals surface area (Å²) in [4.78, 5) is 13.0. The molecule has 3 aromatic rings. The first-order valence-corrected chi connectivity index (χ1v) is 15.9. The molecule has 11 heteroatoms. The Kier molecular flexibility index (Phi) is 7.45. The van der Waals surface area contributed by atoms with Crippen LogP contribution in [0, 0.1) is 16.7 Å². The fourth-order valence-corrected chi connectivity index (χ4v) is 9.39. The number of sulfonamides is 1. The first-order chi connectivity index (χ1) is 17.9. The highest BCUT2D eigenvalue weighted by Gasteiger charge is 2.65. The van der Waals surface area contributed by atoms with Crippen molar-refractivity contribution in [2.45, 2.75) is 57.0 Å². The molecule has 1 heterocycles. The van der Waals surface area contributed by atoms with Crippen molar-refractivity contribution >= 4 is 50.8 Å². The van der Waals surface area contributed by atoms with Crippen LogP contribution in [0.3, 0.4) is 0 Å². The molecule has 2 bridgehead atoms. The van der Waals surface area contributed by atoms with Crippen LogP contribution in [0.25, 0.3) is 5.69 Å². The Labute approximate surface area is 237 Å². The van der Waals surface area contributed by atoms with E-state index < -0.39 is 21.5 Å². The summed E-state index contributed by atoms with van der Waals surface area (Å²) in [5, 5.41) is 10.2. The van der Waals surface area contributed by atoms with Crippen LogP contribution in [0.15, 0.2) is 53.7 Å². The largest absolute Gasteiger partial charge is 0.299 e. The van der Waals surface area contributed by atoms with Crippen molar-refractivity contribution in [3.05, 3.63) is 70.0 Å². The van der Waals surface area contributed by atoms with Gasteiger partial charge in [0.15, 0.2) is 11.0 Å². The number of rotatable bonds is 9. The van der Waals surface area contributed by atoms with E-state index in [1.807, 2.05) is 44.2 Å². The molecule has 2 aliphatic rings. The summed E-state index contributed by atoms with van der Waals surface area (Å²) in [6, 6.07) is 14.3. The van der Waals surface area contributed by atoms with E-state index in [4.69, 9.17) is 23.2 Å². The van der Waals surface area contributed by atoms with E-state index in [0.29, 0.717) is 45.3 Å². The highest BCUT2D eigenvalue weighted by molar-refractivity contribution is 7.98. The molecular weight excluding hydrogens is 563 g/mol. The molecule has 0 spiro atoms. The summed E-state index contributed by atoms with van der Waals surface area (Å²) >= 11 is 14.3. The van der Waals surface area contributed by atoms with Gasteiger partial charge in [-0.2, -0.15) is 0 Å². The Hall–Kier alpha value is -1.91. The predicted octanol–water partition coefficient (Wildman–Crippen LogP) is 6.24. The molecule has 3 atom stereocenters. The van der Waals surface area contributed by atoms with Gasteiger partial charge in [0.05, 0.1) is 22.5 Å². The van der Waals surface area contributed by atoms with Crippen molar-refractivity contribution in [2.75, 3.05) is 5.75 Å². The molecule has 1 aromatic heterocycles. The minimum atomic E-state index is -3.84. The second kappa shape index (κ2) is 10.2. The minimum absolute atomic E-state index is 0.0604. The molecule has 1 N–H and O–H groups in total. The second-order valence-corrected chi connectivity index (χ2v) is 14.4. The van der Waals surface area contributed by atoms with Crippen LogP contribution < -0.4 is 4.72 Å². The molecule has 0 aliphatic heterocycles. The van der Waals surface area contributed by atoms with Gasteiger partial charge in [-0.05, 0) is 54.9 Å². The van der Waals surface area contributed by atoms with Gasteiger partial charge in [-0.25, -0.2) is 13.1 Å². The van der Waals surface area contributed by atoms with Crippen molar-refractivity contribution in [2.24, 2.45) is 16.7 Å². The molecule has 202 valence electrons. The lowest BCUT2D eigenvalue weighted by atomic mass is 9.70. The van der Waals surface area contributed by atoms with Crippen molar-refractivity contribution in [1.82, 2.24) is 19.5 Å². The number of aromatic nitrogens is 3. The SMILES string of the molecule is CC(NS(=O)(=O)CC12CCC(CC1=O)C2(C)C)c1nnc(SCc2ccccc2)n1-c1cc(Cl)ccc1Cl.